The first-order valence-electron chi connectivity index (χ1n) is 6.23. The van der Waals surface area contributed by atoms with Crippen LogP contribution >= 0.6 is 0 Å². The molecular weight excluding hydrogens is 248 g/mol. The fourth-order valence-corrected chi connectivity index (χ4v) is 2.12. The van der Waals surface area contributed by atoms with E-state index in [1.54, 1.807) is 23.2 Å². The van der Waals surface area contributed by atoms with Crippen LogP contribution in [0.3, 0.4) is 0 Å². The van der Waals surface area contributed by atoms with Gasteiger partial charge in [0.1, 0.15) is 5.56 Å². The monoisotopic (exact) mass is 264 g/mol. The van der Waals surface area contributed by atoms with Gasteiger partial charge in [0.15, 0.2) is 0 Å². The molecule has 1 aliphatic rings. The number of aliphatic carboxylic acids is 1. The summed E-state index contributed by atoms with van der Waals surface area (Å²) in [6, 6.07) is 3.31. The molecule has 1 N–H and O–H groups in total. The third-order valence-electron chi connectivity index (χ3n) is 3.11. The van der Waals surface area contributed by atoms with Gasteiger partial charge in [-0.2, -0.15) is 0 Å². The topological polar surface area (TPSA) is 79.7 Å². The summed E-state index contributed by atoms with van der Waals surface area (Å²) in [6.07, 6.45) is 2.05. The van der Waals surface area contributed by atoms with Gasteiger partial charge in [-0.25, -0.2) is 4.98 Å². The Hall–Kier alpha value is -2.11. The number of aromatic nitrogens is 1. The Morgan fingerprint density at radius 1 is 1.58 bits per heavy atom. The first-order valence-corrected chi connectivity index (χ1v) is 6.23. The van der Waals surface area contributed by atoms with Crippen LogP contribution in [0.2, 0.25) is 0 Å². The summed E-state index contributed by atoms with van der Waals surface area (Å²) in [5.41, 5.74) is 0.385. The van der Waals surface area contributed by atoms with Gasteiger partial charge in [0.05, 0.1) is 12.5 Å². The summed E-state index contributed by atoms with van der Waals surface area (Å²) < 4.78 is 5.32. The van der Waals surface area contributed by atoms with E-state index >= 15 is 0 Å². The number of carbonyl (C=O) groups is 2. The van der Waals surface area contributed by atoms with Crippen LogP contribution < -0.4 is 4.74 Å². The maximum Gasteiger partial charge on any atom is 0.308 e. The number of carboxylic acid groups (broad SMARTS) is 1. The van der Waals surface area contributed by atoms with E-state index in [4.69, 9.17) is 9.84 Å². The Morgan fingerprint density at radius 3 is 3.00 bits per heavy atom. The molecule has 0 aromatic carbocycles. The Labute approximate surface area is 111 Å². The molecule has 0 spiro atoms. The van der Waals surface area contributed by atoms with Crippen molar-refractivity contribution in [1.29, 1.82) is 0 Å². The first-order chi connectivity index (χ1) is 9.13. The minimum atomic E-state index is -0.855. The molecule has 2 rings (SSSR count). The van der Waals surface area contributed by atoms with Gasteiger partial charge in [0.25, 0.3) is 5.91 Å². The third-order valence-corrected chi connectivity index (χ3v) is 3.11. The van der Waals surface area contributed by atoms with Gasteiger partial charge < -0.3 is 14.7 Å². The van der Waals surface area contributed by atoms with E-state index in [2.05, 4.69) is 4.98 Å². The molecule has 102 valence electrons. The summed E-state index contributed by atoms with van der Waals surface area (Å²) in [6.45, 7) is 2.94. The average molecular weight is 264 g/mol. The quantitative estimate of drug-likeness (QED) is 0.878. The van der Waals surface area contributed by atoms with Gasteiger partial charge in [0, 0.05) is 19.3 Å². The Balaban J connectivity index is 2.14. The van der Waals surface area contributed by atoms with Crippen molar-refractivity contribution in [2.45, 2.75) is 13.3 Å². The highest BCUT2D eigenvalue weighted by molar-refractivity contribution is 5.96. The van der Waals surface area contributed by atoms with Crippen molar-refractivity contribution in [3.63, 3.8) is 0 Å². The van der Waals surface area contributed by atoms with Crippen molar-refractivity contribution >= 4 is 11.9 Å². The number of ether oxygens (including phenoxy) is 1. The molecule has 1 amide bonds. The zero-order chi connectivity index (χ0) is 13.8. The van der Waals surface area contributed by atoms with E-state index in [9.17, 15) is 9.59 Å². The number of likely N-dealkylation sites (tertiary alicyclic amines) is 1. The minimum absolute atomic E-state index is 0.222. The van der Waals surface area contributed by atoms with E-state index in [1.807, 2.05) is 6.92 Å². The number of pyridine rings is 1. The smallest absolute Gasteiger partial charge is 0.308 e. The van der Waals surface area contributed by atoms with Gasteiger partial charge in [-0.05, 0) is 25.5 Å². The van der Waals surface area contributed by atoms with Crippen LogP contribution in [-0.4, -0.2) is 46.6 Å². The fraction of sp³-hybridized carbons (Fsp3) is 0.462. The van der Waals surface area contributed by atoms with Gasteiger partial charge >= 0.3 is 5.97 Å². The van der Waals surface area contributed by atoms with E-state index in [1.165, 1.54) is 0 Å². The van der Waals surface area contributed by atoms with Crippen molar-refractivity contribution in [3.05, 3.63) is 23.9 Å². The number of nitrogens with zero attached hydrogens (tertiary/aromatic N) is 2. The second kappa shape index (κ2) is 5.69. The normalized spacial score (nSPS) is 18.4. The molecule has 1 aromatic rings. The van der Waals surface area contributed by atoms with Crippen molar-refractivity contribution < 1.29 is 19.4 Å². The summed E-state index contributed by atoms with van der Waals surface area (Å²) in [4.78, 5) is 28.8. The third kappa shape index (κ3) is 2.83. The number of rotatable bonds is 4. The number of carbonyl (C=O) groups excluding carboxylic acids is 1. The maximum atomic E-state index is 12.3. The molecule has 2 heterocycles. The Kier molecular flexibility index (Phi) is 3.99. The number of amides is 1. The average Bonchev–Trinajstić information content (AvgIpc) is 2.89. The molecule has 19 heavy (non-hydrogen) atoms. The number of hydrogen-bond acceptors (Lipinski definition) is 4. The molecule has 1 atom stereocenters. The lowest BCUT2D eigenvalue weighted by Gasteiger charge is -2.17. The summed E-state index contributed by atoms with van der Waals surface area (Å²) in [5.74, 6) is -1.25. The SMILES string of the molecule is CCOc1ncccc1C(=O)N1CCC(C(=O)O)C1. The molecule has 0 bridgehead atoms. The molecule has 1 aliphatic heterocycles. The number of carboxylic acids is 1. The molecule has 1 fully saturated rings. The predicted molar refractivity (Wildman–Crippen MR) is 67.1 cm³/mol. The van der Waals surface area contributed by atoms with Crippen LogP contribution in [0.5, 0.6) is 5.88 Å². The second-order valence-electron chi connectivity index (χ2n) is 4.36. The second-order valence-corrected chi connectivity index (χ2v) is 4.36. The maximum absolute atomic E-state index is 12.3. The Bertz CT molecular complexity index is 489. The van der Waals surface area contributed by atoms with Crippen molar-refractivity contribution in [2.24, 2.45) is 5.92 Å². The fourth-order valence-electron chi connectivity index (χ4n) is 2.12. The van der Waals surface area contributed by atoms with Crippen LogP contribution in [0.4, 0.5) is 0 Å². The van der Waals surface area contributed by atoms with Gasteiger partial charge in [0.2, 0.25) is 5.88 Å². The summed E-state index contributed by atoms with van der Waals surface area (Å²) in [7, 11) is 0. The van der Waals surface area contributed by atoms with E-state index in [0.717, 1.165) is 0 Å². The van der Waals surface area contributed by atoms with Crippen LogP contribution in [0.15, 0.2) is 18.3 Å². The van der Waals surface area contributed by atoms with Crippen molar-refractivity contribution in [3.8, 4) is 5.88 Å². The van der Waals surface area contributed by atoms with Crippen molar-refractivity contribution in [1.82, 2.24) is 9.88 Å². The molecule has 0 radical (unpaired) electrons. The van der Waals surface area contributed by atoms with Crippen LogP contribution in [0.25, 0.3) is 0 Å². The molecule has 6 heteroatoms. The van der Waals surface area contributed by atoms with Gasteiger partial charge in [-0.3, -0.25) is 9.59 Å². The molecule has 1 saturated heterocycles. The molecule has 1 unspecified atom stereocenters. The minimum Gasteiger partial charge on any atom is -0.481 e. The lowest BCUT2D eigenvalue weighted by Crippen LogP contribution is -2.30. The van der Waals surface area contributed by atoms with Gasteiger partial charge in [-0.15, -0.1) is 0 Å². The largest absolute Gasteiger partial charge is 0.481 e. The molecular formula is C13H16N2O4. The molecule has 0 saturated carbocycles. The highest BCUT2D eigenvalue weighted by Gasteiger charge is 2.32. The molecule has 6 nitrogen and oxygen atoms in total. The highest BCUT2D eigenvalue weighted by Crippen LogP contribution is 2.22. The Morgan fingerprint density at radius 2 is 2.37 bits per heavy atom. The number of hydrogen-bond donors (Lipinski definition) is 1. The van der Waals surface area contributed by atoms with E-state index in [-0.39, 0.29) is 12.5 Å². The molecule has 1 aromatic heterocycles. The van der Waals surface area contributed by atoms with E-state index < -0.39 is 11.9 Å². The molecule has 0 aliphatic carbocycles. The zero-order valence-electron chi connectivity index (χ0n) is 10.7. The summed E-state index contributed by atoms with van der Waals surface area (Å²) >= 11 is 0. The summed E-state index contributed by atoms with van der Waals surface area (Å²) in [5, 5.41) is 8.95. The van der Waals surface area contributed by atoms with Crippen molar-refractivity contribution in [2.75, 3.05) is 19.7 Å². The lowest BCUT2D eigenvalue weighted by atomic mass is 10.1. The highest BCUT2D eigenvalue weighted by atomic mass is 16.5. The predicted octanol–water partition coefficient (Wildman–Crippen LogP) is 1.03. The van der Waals surface area contributed by atoms with Crippen LogP contribution in [-0.2, 0) is 4.79 Å². The standard InChI is InChI=1S/C13H16N2O4/c1-2-19-11-10(4-3-6-14-11)12(16)15-7-5-9(8-15)13(17)18/h3-4,6,9H,2,5,7-8H2,1H3,(H,17,18). The van der Waals surface area contributed by atoms with E-state index in [0.29, 0.717) is 31.0 Å². The van der Waals surface area contributed by atoms with Crippen LogP contribution in [0, 0.1) is 5.92 Å². The van der Waals surface area contributed by atoms with Crippen LogP contribution in [0.1, 0.15) is 23.7 Å². The first kappa shape index (κ1) is 13.3. The zero-order valence-corrected chi connectivity index (χ0v) is 10.7. The van der Waals surface area contributed by atoms with Gasteiger partial charge in [-0.1, -0.05) is 0 Å². The lowest BCUT2D eigenvalue weighted by molar-refractivity contribution is -0.141.